The molecule has 0 fully saturated rings. The maximum atomic E-state index is 2.57. The molecule has 0 heterocycles. The molecule has 0 heteroatoms. The topological polar surface area (TPSA) is 0 Å². The second kappa shape index (κ2) is 8.05. The van der Waals surface area contributed by atoms with Crippen LogP contribution in [0.1, 0.15) is 37.8 Å². The maximum absolute atomic E-state index is 2.57. The smallest absolute Gasteiger partial charge is 0.00199 e. The van der Waals surface area contributed by atoms with Crippen LogP contribution in [0.5, 0.6) is 0 Å². The van der Waals surface area contributed by atoms with Gasteiger partial charge in [-0.25, -0.2) is 0 Å². The van der Waals surface area contributed by atoms with Crippen molar-refractivity contribution < 1.29 is 0 Å². The Bertz CT molecular complexity index is 2430. The number of hydrogen-bond acceptors (Lipinski definition) is 0. The average molecular weight is 511 g/mol. The molecule has 9 rings (SSSR count). The molecule has 0 bridgehead atoms. The van der Waals surface area contributed by atoms with Crippen molar-refractivity contribution in [2.45, 2.75) is 39.5 Å². The Morgan fingerprint density at radius 3 is 1.50 bits per heavy atom. The maximum Gasteiger partial charge on any atom is -0.00199 e. The average Bonchev–Trinajstić information content (AvgIpc) is 3.49. The van der Waals surface area contributed by atoms with E-state index >= 15 is 0 Å². The lowest BCUT2D eigenvalue weighted by Gasteiger charge is -2.16. The van der Waals surface area contributed by atoms with Gasteiger partial charge in [-0.05, 0) is 128 Å². The molecule has 190 valence electrons. The summed E-state index contributed by atoms with van der Waals surface area (Å²) in [6, 6.07) is 37.2. The minimum absolute atomic E-state index is 1.09. The summed E-state index contributed by atoms with van der Waals surface area (Å²) in [5, 5.41) is 22.6. The van der Waals surface area contributed by atoms with Crippen molar-refractivity contribution in [2.24, 2.45) is 0 Å². The van der Waals surface area contributed by atoms with Gasteiger partial charge >= 0.3 is 0 Å². The SMILES string of the molecule is CCCc1c2cc3c(cc2c(CCC)c2c4cccc5cccc(c12)c54)c1cc2ccccc2c2cccc3c21. The molecule has 0 unspecified atom stereocenters. The molecule has 0 nitrogen and oxygen atoms in total. The minimum atomic E-state index is 1.09. The molecule has 0 aliphatic heterocycles. The highest BCUT2D eigenvalue weighted by molar-refractivity contribution is 6.38. The molecule has 0 aromatic heterocycles. The second-order valence-electron chi connectivity index (χ2n) is 11.7. The van der Waals surface area contributed by atoms with Gasteiger partial charge in [0.25, 0.3) is 0 Å². The summed E-state index contributed by atoms with van der Waals surface area (Å²) < 4.78 is 0. The van der Waals surface area contributed by atoms with Gasteiger partial charge in [0.15, 0.2) is 0 Å². The summed E-state index contributed by atoms with van der Waals surface area (Å²) in [6.45, 7) is 4.66. The third-order valence-corrected chi connectivity index (χ3v) is 9.57. The minimum Gasteiger partial charge on any atom is -0.0651 e. The van der Waals surface area contributed by atoms with Crippen LogP contribution in [0.2, 0.25) is 0 Å². The molecule has 0 aliphatic carbocycles. The van der Waals surface area contributed by atoms with E-state index in [2.05, 4.69) is 111 Å². The highest BCUT2D eigenvalue weighted by atomic mass is 14.3. The van der Waals surface area contributed by atoms with E-state index in [0.29, 0.717) is 0 Å². The van der Waals surface area contributed by atoms with Gasteiger partial charge in [0, 0.05) is 0 Å². The number of hydrogen-bond donors (Lipinski definition) is 0. The van der Waals surface area contributed by atoms with Crippen LogP contribution in [0.15, 0.2) is 97.1 Å². The lowest BCUT2D eigenvalue weighted by atomic mass is 9.87. The zero-order chi connectivity index (χ0) is 26.5. The van der Waals surface area contributed by atoms with Gasteiger partial charge in [0.1, 0.15) is 0 Å². The Kier molecular flexibility index (Phi) is 4.51. The van der Waals surface area contributed by atoms with Crippen LogP contribution in [0.25, 0.3) is 86.2 Å². The molecular formula is C40H30. The van der Waals surface area contributed by atoms with Gasteiger partial charge in [-0.1, -0.05) is 106 Å². The van der Waals surface area contributed by atoms with Crippen LogP contribution in [-0.4, -0.2) is 0 Å². The number of benzene rings is 7. The standard InChI is InChI=1S/C40H30/c1-3-10-26-32-21-34-29-17-9-16-28-25-15-6-5-12-24(25)20-36(38(28)29)35(34)22-33(32)27(11-4-2)40-31-19-8-14-23-13-7-18-30(37(23)31)39(26)40/h5-9,12-22H,3-4,10-11H2,1-2H3. The third-order valence-electron chi connectivity index (χ3n) is 9.57. The first-order valence-electron chi connectivity index (χ1n) is 14.9. The normalized spacial score (nSPS) is 12.7. The molecule has 0 radical (unpaired) electrons. The van der Waals surface area contributed by atoms with Gasteiger partial charge in [-0.3, -0.25) is 0 Å². The van der Waals surface area contributed by atoms with Crippen molar-refractivity contribution in [2.75, 3.05) is 0 Å². The summed E-state index contributed by atoms with van der Waals surface area (Å²) >= 11 is 0. The fraction of sp³-hybridized carbons (Fsp3) is 0.150. The van der Waals surface area contributed by atoms with E-state index in [9.17, 15) is 0 Å². The Labute approximate surface area is 233 Å². The Morgan fingerprint density at radius 2 is 0.850 bits per heavy atom. The van der Waals surface area contributed by atoms with Gasteiger partial charge in [-0.2, -0.15) is 0 Å². The zero-order valence-corrected chi connectivity index (χ0v) is 23.1. The summed E-state index contributed by atoms with van der Waals surface area (Å²) in [4.78, 5) is 0. The van der Waals surface area contributed by atoms with E-state index in [-0.39, 0.29) is 0 Å². The van der Waals surface area contributed by atoms with Crippen molar-refractivity contribution in [3.8, 4) is 0 Å². The first-order valence-corrected chi connectivity index (χ1v) is 14.9. The molecule has 0 atom stereocenters. The molecule has 9 aromatic rings. The molecule has 9 aromatic carbocycles. The zero-order valence-electron chi connectivity index (χ0n) is 23.1. The van der Waals surface area contributed by atoms with Crippen LogP contribution >= 0.6 is 0 Å². The Hall–Kier alpha value is -4.42. The van der Waals surface area contributed by atoms with Crippen LogP contribution < -0.4 is 0 Å². The summed E-state index contributed by atoms with van der Waals surface area (Å²) in [6.07, 6.45) is 4.46. The van der Waals surface area contributed by atoms with Crippen molar-refractivity contribution in [1.29, 1.82) is 0 Å². The van der Waals surface area contributed by atoms with E-state index in [0.717, 1.165) is 25.7 Å². The van der Waals surface area contributed by atoms with Crippen molar-refractivity contribution in [3.05, 3.63) is 108 Å². The monoisotopic (exact) mass is 510 g/mol. The molecule has 0 saturated carbocycles. The third kappa shape index (κ3) is 2.71. The van der Waals surface area contributed by atoms with Gasteiger partial charge in [0.2, 0.25) is 0 Å². The summed E-state index contributed by atoms with van der Waals surface area (Å²) in [7, 11) is 0. The van der Waals surface area contributed by atoms with E-state index in [1.165, 1.54) is 97.3 Å². The highest BCUT2D eigenvalue weighted by Crippen LogP contribution is 2.49. The van der Waals surface area contributed by atoms with Gasteiger partial charge < -0.3 is 0 Å². The lowest BCUT2D eigenvalue weighted by Crippen LogP contribution is -1.95. The molecule has 0 amide bonds. The van der Waals surface area contributed by atoms with Crippen molar-refractivity contribution >= 4 is 86.2 Å². The van der Waals surface area contributed by atoms with Crippen LogP contribution in [-0.2, 0) is 12.8 Å². The molecule has 0 N–H and O–H groups in total. The molecule has 0 saturated heterocycles. The number of fused-ring (bicyclic) bond motifs is 9. The lowest BCUT2D eigenvalue weighted by molar-refractivity contribution is 0.928. The fourth-order valence-corrected chi connectivity index (χ4v) is 8.09. The van der Waals surface area contributed by atoms with E-state index < -0.39 is 0 Å². The van der Waals surface area contributed by atoms with E-state index in [4.69, 9.17) is 0 Å². The predicted molar refractivity (Wildman–Crippen MR) is 177 cm³/mol. The number of aryl methyl sites for hydroxylation is 2. The molecular weight excluding hydrogens is 480 g/mol. The predicted octanol–water partition coefficient (Wildman–Crippen LogP) is 11.7. The fourth-order valence-electron chi connectivity index (χ4n) is 8.09. The summed E-state index contributed by atoms with van der Waals surface area (Å²) in [5.74, 6) is 0. The highest BCUT2D eigenvalue weighted by Gasteiger charge is 2.23. The summed E-state index contributed by atoms with van der Waals surface area (Å²) in [5.41, 5.74) is 3.07. The second-order valence-corrected chi connectivity index (χ2v) is 11.7. The van der Waals surface area contributed by atoms with Crippen molar-refractivity contribution in [1.82, 2.24) is 0 Å². The van der Waals surface area contributed by atoms with E-state index in [1.54, 1.807) is 0 Å². The Morgan fingerprint density at radius 1 is 0.350 bits per heavy atom. The molecule has 0 spiro atoms. The first-order chi connectivity index (χ1) is 19.8. The van der Waals surface area contributed by atoms with Crippen molar-refractivity contribution in [3.63, 3.8) is 0 Å². The van der Waals surface area contributed by atoms with Crippen LogP contribution in [0.4, 0.5) is 0 Å². The van der Waals surface area contributed by atoms with Crippen LogP contribution in [0.3, 0.4) is 0 Å². The number of rotatable bonds is 4. The first kappa shape index (κ1) is 22.4. The van der Waals surface area contributed by atoms with E-state index in [1.807, 2.05) is 0 Å². The van der Waals surface area contributed by atoms with Gasteiger partial charge in [0.05, 0.1) is 0 Å². The van der Waals surface area contributed by atoms with Crippen LogP contribution in [0, 0.1) is 0 Å². The largest absolute Gasteiger partial charge is 0.0651 e. The van der Waals surface area contributed by atoms with Gasteiger partial charge in [-0.15, -0.1) is 0 Å². The quantitative estimate of drug-likeness (QED) is 0.207. The molecule has 0 aliphatic rings. The molecule has 40 heavy (non-hydrogen) atoms. The Balaban J connectivity index is 1.57.